The van der Waals surface area contributed by atoms with Crippen molar-refractivity contribution in [2.45, 2.75) is 0 Å². The lowest BCUT2D eigenvalue weighted by atomic mass is 10.1. The van der Waals surface area contributed by atoms with Crippen LogP contribution in [0.15, 0.2) is 65.9 Å². The quantitative estimate of drug-likeness (QED) is 0.595. The number of nitrogens with one attached hydrogen (secondary N) is 1. The van der Waals surface area contributed by atoms with Crippen molar-refractivity contribution in [1.82, 2.24) is 10.4 Å². The Kier molecular flexibility index (Phi) is 4.29. The van der Waals surface area contributed by atoms with Crippen molar-refractivity contribution in [2.24, 2.45) is 5.10 Å². The minimum absolute atomic E-state index is 0.280. The second-order valence-electron chi connectivity index (χ2n) is 4.85. The molecule has 1 amide bonds. The van der Waals surface area contributed by atoms with Gasteiger partial charge in [-0.25, -0.2) is 5.43 Å². The highest BCUT2D eigenvalue weighted by Gasteiger charge is 2.04. The van der Waals surface area contributed by atoms with Gasteiger partial charge in [0.15, 0.2) is 0 Å². The van der Waals surface area contributed by atoms with Gasteiger partial charge in [0.05, 0.1) is 18.8 Å². The Bertz CT molecular complexity index is 852. The number of para-hydroxylation sites is 1. The third-order valence-corrected chi connectivity index (χ3v) is 3.39. The molecule has 0 fully saturated rings. The van der Waals surface area contributed by atoms with E-state index in [9.17, 15) is 4.79 Å². The molecule has 5 nitrogen and oxygen atoms in total. The fraction of sp³-hybridized carbons (Fsp3) is 0.0556. The summed E-state index contributed by atoms with van der Waals surface area (Å²) in [6, 6.07) is 16.5. The number of pyridine rings is 1. The molecule has 0 aliphatic rings. The lowest BCUT2D eigenvalue weighted by Gasteiger charge is -2.03. The van der Waals surface area contributed by atoms with Gasteiger partial charge < -0.3 is 4.74 Å². The maximum Gasteiger partial charge on any atom is 0.271 e. The molecule has 3 aromatic rings. The van der Waals surface area contributed by atoms with Crippen molar-refractivity contribution in [3.05, 3.63) is 71.9 Å². The van der Waals surface area contributed by atoms with Gasteiger partial charge in [-0.1, -0.05) is 24.3 Å². The first kappa shape index (κ1) is 14.7. The summed E-state index contributed by atoms with van der Waals surface area (Å²) in [5.74, 6) is 0.420. The number of methoxy groups -OCH3 is 1. The molecular weight excluding hydrogens is 290 g/mol. The fourth-order valence-electron chi connectivity index (χ4n) is 2.20. The van der Waals surface area contributed by atoms with Gasteiger partial charge in [0.25, 0.3) is 5.91 Å². The molecule has 0 aliphatic carbocycles. The van der Waals surface area contributed by atoms with Crippen LogP contribution >= 0.6 is 0 Å². The molecule has 0 bridgehead atoms. The van der Waals surface area contributed by atoms with Crippen LogP contribution in [0, 0.1) is 0 Å². The van der Waals surface area contributed by atoms with E-state index in [0.717, 1.165) is 16.5 Å². The summed E-state index contributed by atoms with van der Waals surface area (Å²) in [4.78, 5) is 16.4. The van der Waals surface area contributed by atoms with Gasteiger partial charge >= 0.3 is 0 Å². The molecule has 5 heteroatoms. The first-order valence-corrected chi connectivity index (χ1v) is 7.09. The molecular formula is C18H15N3O2. The van der Waals surface area contributed by atoms with Crippen molar-refractivity contribution >= 4 is 23.0 Å². The number of nitrogens with zero attached hydrogens (tertiary/aromatic N) is 2. The molecule has 2 aromatic carbocycles. The van der Waals surface area contributed by atoms with E-state index in [-0.39, 0.29) is 5.91 Å². The normalized spacial score (nSPS) is 10.8. The summed E-state index contributed by atoms with van der Waals surface area (Å²) in [5.41, 5.74) is 4.71. The van der Waals surface area contributed by atoms with Gasteiger partial charge in [-0.15, -0.1) is 0 Å². The Morgan fingerprint density at radius 1 is 1.13 bits per heavy atom. The fourth-order valence-corrected chi connectivity index (χ4v) is 2.20. The van der Waals surface area contributed by atoms with Gasteiger partial charge in [-0.2, -0.15) is 5.10 Å². The first-order chi connectivity index (χ1) is 11.3. The number of rotatable bonds is 4. The van der Waals surface area contributed by atoms with Crippen LogP contribution < -0.4 is 10.2 Å². The zero-order valence-electron chi connectivity index (χ0n) is 12.6. The Morgan fingerprint density at radius 3 is 2.70 bits per heavy atom. The number of amides is 1. The summed E-state index contributed by atoms with van der Waals surface area (Å²) in [6.07, 6.45) is 3.33. The van der Waals surface area contributed by atoms with E-state index in [0.29, 0.717) is 11.3 Å². The van der Waals surface area contributed by atoms with Crippen molar-refractivity contribution in [3.8, 4) is 5.75 Å². The number of benzene rings is 2. The van der Waals surface area contributed by atoms with Crippen molar-refractivity contribution in [3.63, 3.8) is 0 Å². The Morgan fingerprint density at radius 2 is 1.91 bits per heavy atom. The lowest BCUT2D eigenvalue weighted by Crippen LogP contribution is -2.17. The highest BCUT2D eigenvalue weighted by atomic mass is 16.5. The summed E-state index contributed by atoms with van der Waals surface area (Å²) in [6.45, 7) is 0. The maximum atomic E-state index is 12.0. The number of ether oxygens (including phenoxy) is 1. The van der Waals surface area contributed by atoms with E-state index in [4.69, 9.17) is 4.74 Å². The summed E-state index contributed by atoms with van der Waals surface area (Å²) in [7, 11) is 1.58. The van der Waals surface area contributed by atoms with Gasteiger partial charge in [0.1, 0.15) is 5.75 Å². The summed E-state index contributed by atoms with van der Waals surface area (Å²) >= 11 is 0. The largest absolute Gasteiger partial charge is 0.497 e. The number of hydrogen-bond donors (Lipinski definition) is 1. The third kappa shape index (κ3) is 3.35. The smallest absolute Gasteiger partial charge is 0.271 e. The van der Waals surface area contributed by atoms with Crippen LogP contribution in [0.5, 0.6) is 5.75 Å². The predicted molar refractivity (Wildman–Crippen MR) is 89.8 cm³/mol. The molecule has 114 valence electrons. The topological polar surface area (TPSA) is 63.6 Å². The highest BCUT2D eigenvalue weighted by molar-refractivity contribution is 5.99. The molecule has 0 atom stereocenters. The first-order valence-electron chi connectivity index (χ1n) is 7.09. The molecule has 1 heterocycles. The molecule has 0 saturated carbocycles. The van der Waals surface area contributed by atoms with Crippen molar-refractivity contribution in [2.75, 3.05) is 7.11 Å². The minimum Gasteiger partial charge on any atom is -0.497 e. The van der Waals surface area contributed by atoms with Gasteiger partial charge in [0.2, 0.25) is 0 Å². The van der Waals surface area contributed by atoms with Gasteiger partial charge in [0, 0.05) is 22.7 Å². The Hall–Kier alpha value is -3.21. The maximum absolute atomic E-state index is 12.0. The Labute approximate surface area is 133 Å². The number of hydrogen-bond acceptors (Lipinski definition) is 4. The Balaban J connectivity index is 1.73. The molecule has 1 aromatic heterocycles. The molecule has 23 heavy (non-hydrogen) atoms. The molecule has 3 rings (SSSR count). The van der Waals surface area contributed by atoms with Crippen LogP contribution in [0.1, 0.15) is 15.9 Å². The van der Waals surface area contributed by atoms with Crippen LogP contribution in [0.25, 0.3) is 10.9 Å². The van der Waals surface area contributed by atoms with Crippen molar-refractivity contribution in [1.29, 1.82) is 0 Å². The number of aromatic nitrogens is 1. The van der Waals surface area contributed by atoms with E-state index >= 15 is 0 Å². The number of hydrazone groups is 1. The lowest BCUT2D eigenvalue weighted by molar-refractivity contribution is 0.0955. The van der Waals surface area contributed by atoms with Crippen LogP contribution in [-0.4, -0.2) is 24.2 Å². The molecule has 0 aliphatic heterocycles. The predicted octanol–water partition coefficient (Wildman–Crippen LogP) is 3.01. The van der Waals surface area contributed by atoms with E-state index in [1.165, 1.54) is 0 Å². The molecule has 0 radical (unpaired) electrons. The summed E-state index contributed by atoms with van der Waals surface area (Å²) < 4.78 is 5.06. The molecule has 0 spiro atoms. The zero-order valence-corrected chi connectivity index (χ0v) is 12.6. The summed E-state index contributed by atoms with van der Waals surface area (Å²) in [5, 5.41) is 5.04. The van der Waals surface area contributed by atoms with Gasteiger partial charge in [-0.05, 0) is 30.3 Å². The average molecular weight is 305 g/mol. The van der Waals surface area contributed by atoms with E-state index in [1.54, 1.807) is 43.8 Å². The van der Waals surface area contributed by atoms with E-state index in [2.05, 4.69) is 15.5 Å². The van der Waals surface area contributed by atoms with Crippen LogP contribution in [0.4, 0.5) is 0 Å². The van der Waals surface area contributed by atoms with Crippen molar-refractivity contribution < 1.29 is 9.53 Å². The number of carbonyl (C=O) groups is 1. The molecule has 0 unspecified atom stereocenters. The SMILES string of the molecule is COc1ccc(C(=O)NN=Cc2cccc3cccnc23)cc1. The van der Waals surface area contributed by atoms with E-state index < -0.39 is 0 Å². The number of carbonyl (C=O) groups excluding carboxylic acids is 1. The van der Waals surface area contributed by atoms with E-state index in [1.807, 2.05) is 30.3 Å². The van der Waals surface area contributed by atoms with Crippen LogP contribution in [0.2, 0.25) is 0 Å². The van der Waals surface area contributed by atoms with Crippen LogP contribution in [-0.2, 0) is 0 Å². The highest BCUT2D eigenvalue weighted by Crippen LogP contribution is 2.14. The standard InChI is InChI=1S/C18H15N3O2/c1-23-16-9-7-14(8-10-16)18(22)21-20-12-15-5-2-4-13-6-3-11-19-17(13)15/h2-12H,1H3,(H,21,22). The molecule has 1 N–H and O–H groups in total. The third-order valence-electron chi connectivity index (χ3n) is 3.39. The average Bonchev–Trinajstić information content (AvgIpc) is 2.62. The van der Waals surface area contributed by atoms with Crippen LogP contribution in [0.3, 0.4) is 0 Å². The van der Waals surface area contributed by atoms with Gasteiger partial charge in [-0.3, -0.25) is 9.78 Å². The minimum atomic E-state index is -0.280. The number of fused-ring (bicyclic) bond motifs is 1. The second-order valence-corrected chi connectivity index (χ2v) is 4.85. The second kappa shape index (κ2) is 6.70. The monoisotopic (exact) mass is 305 g/mol. The molecule has 0 saturated heterocycles. The zero-order chi connectivity index (χ0) is 16.1.